The highest BCUT2D eigenvalue weighted by Gasteiger charge is 2.17. The number of benzene rings is 1. The van der Waals surface area contributed by atoms with Gasteiger partial charge in [-0.05, 0) is 18.1 Å². The van der Waals surface area contributed by atoms with Crippen molar-refractivity contribution in [2.45, 2.75) is 0 Å². The van der Waals surface area contributed by atoms with Crippen LogP contribution >= 0.6 is 0 Å². The van der Waals surface area contributed by atoms with Crippen LogP contribution in [-0.4, -0.2) is 52.7 Å². The van der Waals surface area contributed by atoms with Crippen LogP contribution in [0.25, 0.3) is 11.2 Å². The Labute approximate surface area is 145 Å². The Morgan fingerprint density at radius 2 is 1.96 bits per heavy atom. The summed E-state index contributed by atoms with van der Waals surface area (Å²) in [6, 6.07) is 9.61. The largest absolute Gasteiger partial charge is 0.481 e. The lowest BCUT2D eigenvalue weighted by Gasteiger charge is -2.28. The average molecular weight is 334 g/mol. The van der Waals surface area contributed by atoms with Crippen molar-refractivity contribution >= 4 is 17.0 Å². The van der Waals surface area contributed by atoms with Gasteiger partial charge >= 0.3 is 0 Å². The first-order chi connectivity index (χ1) is 12.4. The molecule has 0 saturated carbocycles. The van der Waals surface area contributed by atoms with Gasteiger partial charge in [-0.1, -0.05) is 24.1 Å². The number of imidazole rings is 1. The molecule has 0 unspecified atom stereocenters. The number of nitrogens with one attached hydrogen (secondary N) is 2. The molecule has 1 fully saturated rings. The number of anilines is 1. The van der Waals surface area contributed by atoms with E-state index in [9.17, 15) is 0 Å². The van der Waals surface area contributed by atoms with Crippen molar-refractivity contribution in [2.75, 3.05) is 37.7 Å². The SMILES string of the molecule is C(#Cc1nc2ncnc(N3CCNCC3)c2[nH]1)COc1ccccc1. The summed E-state index contributed by atoms with van der Waals surface area (Å²) in [6.45, 7) is 4.03. The molecule has 1 saturated heterocycles. The smallest absolute Gasteiger partial charge is 0.185 e. The molecular weight excluding hydrogens is 316 g/mol. The number of hydrogen-bond acceptors (Lipinski definition) is 6. The number of aromatic amines is 1. The van der Waals surface area contributed by atoms with Crippen molar-refractivity contribution in [1.29, 1.82) is 0 Å². The molecule has 0 amide bonds. The van der Waals surface area contributed by atoms with Crippen LogP contribution in [0.5, 0.6) is 5.75 Å². The second-order valence-corrected chi connectivity index (χ2v) is 5.62. The molecule has 25 heavy (non-hydrogen) atoms. The van der Waals surface area contributed by atoms with E-state index in [0.29, 0.717) is 18.1 Å². The zero-order chi connectivity index (χ0) is 16.9. The Balaban J connectivity index is 1.50. The topological polar surface area (TPSA) is 79.0 Å². The Morgan fingerprint density at radius 3 is 2.80 bits per heavy atom. The Morgan fingerprint density at radius 1 is 1.12 bits per heavy atom. The van der Waals surface area contributed by atoms with E-state index in [0.717, 1.165) is 43.3 Å². The summed E-state index contributed by atoms with van der Waals surface area (Å²) in [5.41, 5.74) is 1.47. The molecule has 126 valence electrons. The fourth-order valence-electron chi connectivity index (χ4n) is 2.75. The fourth-order valence-corrected chi connectivity index (χ4v) is 2.75. The predicted molar refractivity (Wildman–Crippen MR) is 95.6 cm³/mol. The lowest BCUT2D eigenvalue weighted by Crippen LogP contribution is -2.44. The molecule has 2 N–H and O–H groups in total. The Hall–Kier alpha value is -3.11. The van der Waals surface area contributed by atoms with Crippen LogP contribution in [0.4, 0.5) is 5.82 Å². The molecule has 0 aliphatic carbocycles. The summed E-state index contributed by atoms with van der Waals surface area (Å²) in [7, 11) is 0. The van der Waals surface area contributed by atoms with Gasteiger partial charge in [-0.15, -0.1) is 0 Å². The third-order valence-corrected chi connectivity index (χ3v) is 3.95. The molecule has 2 aromatic heterocycles. The highest BCUT2D eigenvalue weighted by atomic mass is 16.5. The van der Waals surface area contributed by atoms with Crippen molar-refractivity contribution in [2.24, 2.45) is 0 Å². The number of aromatic nitrogens is 4. The number of para-hydroxylation sites is 1. The highest BCUT2D eigenvalue weighted by molar-refractivity contribution is 5.83. The van der Waals surface area contributed by atoms with Crippen LogP contribution in [0, 0.1) is 11.8 Å². The minimum Gasteiger partial charge on any atom is -0.481 e. The lowest BCUT2D eigenvalue weighted by atomic mass is 10.3. The van der Waals surface area contributed by atoms with Gasteiger partial charge in [0.15, 0.2) is 17.3 Å². The van der Waals surface area contributed by atoms with Crippen molar-refractivity contribution in [3.05, 3.63) is 42.5 Å². The van der Waals surface area contributed by atoms with E-state index in [1.54, 1.807) is 6.33 Å². The molecule has 1 aliphatic heterocycles. The van der Waals surface area contributed by atoms with Gasteiger partial charge in [0.05, 0.1) is 0 Å². The normalized spacial score (nSPS) is 14.2. The van der Waals surface area contributed by atoms with Gasteiger partial charge < -0.3 is 19.9 Å². The molecule has 4 rings (SSSR count). The molecule has 0 bridgehead atoms. The molecule has 0 radical (unpaired) electrons. The number of fused-ring (bicyclic) bond motifs is 1. The third-order valence-electron chi connectivity index (χ3n) is 3.95. The van der Waals surface area contributed by atoms with E-state index in [1.807, 2.05) is 30.3 Å². The lowest BCUT2D eigenvalue weighted by molar-refractivity contribution is 0.370. The van der Waals surface area contributed by atoms with Gasteiger partial charge in [0.2, 0.25) is 0 Å². The molecule has 3 heterocycles. The number of rotatable bonds is 3. The van der Waals surface area contributed by atoms with Gasteiger partial charge in [-0.2, -0.15) is 0 Å². The van der Waals surface area contributed by atoms with Crippen molar-refractivity contribution in [3.63, 3.8) is 0 Å². The van der Waals surface area contributed by atoms with E-state index in [1.165, 1.54) is 0 Å². The minimum atomic E-state index is 0.303. The predicted octanol–water partition coefficient (Wildman–Crippen LogP) is 1.19. The maximum Gasteiger partial charge on any atom is 0.185 e. The number of H-pyrrole nitrogens is 1. The standard InChI is InChI=1S/C18H18N6O/c1-2-5-14(6-3-1)25-12-4-7-15-22-16-17(23-15)20-13-21-18(16)24-10-8-19-9-11-24/h1-3,5-6,13,19H,8-12H2,(H,20,21,22,23). The highest BCUT2D eigenvalue weighted by Crippen LogP contribution is 2.20. The molecule has 7 heteroatoms. The van der Waals surface area contributed by atoms with E-state index >= 15 is 0 Å². The number of ether oxygens (including phenoxy) is 1. The maximum atomic E-state index is 5.56. The first-order valence-corrected chi connectivity index (χ1v) is 8.23. The van der Waals surface area contributed by atoms with E-state index in [-0.39, 0.29) is 0 Å². The van der Waals surface area contributed by atoms with Crippen LogP contribution in [0.15, 0.2) is 36.7 Å². The number of nitrogens with zero attached hydrogens (tertiary/aromatic N) is 4. The zero-order valence-corrected chi connectivity index (χ0v) is 13.7. The van der Waals surface area contributed by atoms with Crippen LogP contribution < -0.4 is 15.0 Å². The van der Waals surface area contributed by atoms with Crippen molar-refractivity contribution in [1.82, 2.24) is 25.3 Å². The molecular formula is C18H18N6O. The minimum absolute atomic E-state index is 0.303. The third kappa shape index (κ3) is 3.54. The summed E-state index contributed by atoms with van der Waals surface area (Å²) in [4.78, 5) is 18.6. The van der Waals surface area contributed by atoms with Crippen LogP contribution in [0.1, 0.15) is 5.82 Å². The molecule has 1 aromatic carbocycles. The number of piperazine rings is 1. The van der Waals surface area contributed by atoms with Crippen LogP contribution in [0.2, 0.25) is 0 Å². The van der Waals surface area contributed by atoms with Crippen LogP contribution in [0.3, 0.4) is 0 Å². The second kappa shape index (κ2) is 7.20. The maximum absolute atomic E-state index is 5.56. The summed E-state index contributed by atoms with van der Waals surface area (Å²) >= 11 is 0. The quantitative estimate of drug-likeness (QED) is 0.701. The summed E-state index contributed by atoms with van der Waals surface area (Å²) < 4.78 is 5.56. The zero-order valence-electron chi connectivity index (χ0n) is 13.7. The fraction of sp³-hybridized carbons (Fsp3) is 0.278. The van der Waals surface area contributed by atoms with E-state index in [2.05, 4.69) is 42.0 Å². The molecule has 0 spiro atoms. The van der Waals surface area contributed by atoms with Gasteiger partial charge in [-0.25, -0.2) is 15.0 Å². The average Bonchev–Trinajstić information content (AvgIpc) is 3.10. The first-order valence-electron chi connectivity index (χ1n) is 8.23. The van der Waals surface area contributed by atoms with Gasteiger partial charge in [0.25, 0.3) is 0 Å². The van der Waals surface area contributed by atoms with Crippen molar-refractivity contribution < 1.29 is 4.74 Å². The van der Waals surface area contributed by atoms with Gasteiger partial charge in [0, 0.05) is 26.2 Å². The number of hydrogen-bond donors (Lipinski definition) is 2. The Bertz CT molecular complexity index is 905. The molecule has 7 nitrogen and oxygen atoms in total. The first kappa shape index (κ1) is 15.4. The van der Waals surface area contributed by atoms with E-state index < -0.39 is 0 Å². The van der Waals surface area contributed by atoms with Gasteiger partial charge in [-0.3, -0.25) is 0 Å². The summed E-state index contributed by atoms with van der Waals surface area (Å²) in [6.07, 6.45) is 1.55. The molecule has 1 aliphatic rings. The van der Waals surface area contributed by atoms with Crippen LogP contribution in [-0.2, 0) is 0 Å². The van der Waals surface area contributed by atoms with Crippen molar-refractivity contribution in [3.8, 4) is 17.6 Å². The molecule has 0 atom stereocenters. The van der Waals surface area contributed by atoms with Gasteiger partial charge in [0.1, 0.15) is 24.2 Å². The summed E-state index contributed by atoms with van der Waals surface area (Å²) in [5, 5.41) is 3.34. The monoisotopic (exact) mass is 334 g/mol. The second-order valence-electron chi connectivity index (χ2n) is 5.62. The Kier molecular flexibility index (Phi) is 4.44. The van der Waals surface area contributed by atoms with E-state index in [4.69, 9.17) is 4.74 Å². The molecule has 3 aromatic rings. The summed E-state index contributed by atoms with van der Waals surface area (Å²) in [5.74, 6) is 8.22.